The molecule has 2 N–H and O–H groups in total. The number of nitrogens with zero attached hydrogens (tertiary/aromatic N) is 2. The standard InChI is InChI=1S/C20H29N3O2.ClH/c1-3-14(2)19(24)23-12-16-8-5-4-7-15(16)11-18(23)20(25)22-10-6-9-17(21)13-22;/h4-5,7-8,14,17-18H,3,6,9-13,21H2,1-2H3;1H. The number of hydrogen-bond acceptors (Lipinski definition) is 3. The monoisotopic (exact) mass is 379 g/mol. The highest BCUT2D eigenvalue weighted by atomic mass is 35.5. The van der Waals surface area contributed by atoms with E-state index in [9.17, 15) is 9.59 Å². The highest BCUT2D eigenvalue weighted by molar-refractivity contribution is 5.89. The lowest BCUT2D eigenvalue weighted by Crippen LogP contribution is -2.57. The Kier molecular flexibility index (Phi) is 7.07. The van der Waals surface area contributed by atoms with Crippen LogP contribution in [0.25, 0.3) is 0 Å². The Bertz CT molecular complexity index is 652. The number of carbonyl (C=O) groups is 2. The summed E-state index contributed by atoms with van der Waals surface area (Å²) in [5.74, 6) is 0.0714. The number of likely N-dealkylation sites (tertiary alicyclic amines) is 1. The van der Waals surface area contributed by atoms with Gasteiger partial charge >= 0.3 is 0 Å². The summed E-state index contributed by atoms with van der Waals surface area (Å²) in [5, 5.41) is 0. The quantitative estimate of drug-likeness (QED) is 0.876. The van der Waals surface area contributed by atoms with Gasteiger partial charge in [-0.15, -0.1) is 12.4 Å². The van der Waals surface area contributed by atoms with Gasteiger partial charge in [-0.05, 0) is 30.4 Å². The van der Waals surface area contributed by atoms with Crippen molar-refractivity contribution in [3.05, 3.63) is 35.4 Å². The molecule has 1 saturated heterocycles. The molecule has 0 aliphatic carbocycles. The van der Waals surface area contributed by atoms with Crippen LogP contribution in [-0.4, -0.2) is 46.8 Å². The molecule has 0 bridgehead atoms. The molecule has 26 heavy (non-hydrogen) atoms. The molecule has 3 rings (SSSR count). The first-order valence-electron chi connectivity index (χ1n) is 9.42. The molecule has 2 heterocycles. The van der Waals surface area contributed by atoms with Gasteiger partial charge in [-0.1, -0.05) is 38.1 Å². The predicted molar refractivity (Wildman–Crippen MR) is 105 cm³/mol. The molecule has 0 radical (unpaired) electrons. The third kappa shape index (κ3) is 4.21. The first-order valence-corrected chi connectivity index (χ1v) is 9.42. The zero-order valence-electron chi connectivity index (χ0n) is 15.7. The SMILES string of the molecule is CCC(C)C(=O)N1Cc2ccccc2CC1C(=O)N1CCCC(N)C1.Cl. The van der Waals surface area contributed by atoms with E-state index in [0.717, 1.165) is 31.4 Å². The molecule has 2 aliphatic rings. The van der Waals surface area contributed by atoms with Gasteiger partial charge in [-0.3, -0.25) is 9.59 Å². The second-order valence-electron chi connectivity index (χ2n) is 7.45. The summed E-state index contributed by atoms with van der Waals surface area (Å²) < 4.78 is 0. The van der Waals surface area contributed by atoms with Crippen LogP contribution >= 0.6 is 12.4 Å². The largest absolute Gasteiger partial charge is 0.339 e. The smallest absolute Gasteiger partial charge is 0.245 e. The fourth-order valence-corrected chi connectivity index (χ4v) is 3.85. The molecule has 0 saturated carbocycles. The number of nitrogens with two attached hydrogens (primary N) is 1. The number of benzene rings is 1. The molecule has 144 valence electrons. The molecule has 3 atom stereocenters. The minimum atomic E-state index is -0.401. The molecular formula is C20H30ClN3O2. The van der Waals surface area contributed by atoms with Crippen molar-refractivity contribution in [1.82, 2.24) is 9.80 Å². The molecule has 6 heteroatoms. The van der Waals surface area contributed by atoms with E-state index in [1.54, 1.807) is 4.90 Å². The lowest BCUT2D eigenvalue weighted by Gasteiger charge is -2.41. The maximum atomic E-state index is 13.2. The maximum absolute atomic E-state index is 13.2. The number of piperidine rings is 1. The van der Waals surface area contributed by atoms with E-state index in [1.165, 1.54) is 5.56 Å². The van der Waals surface area contributed by atoms with Crippen molar-refractivity contribution in [3.8, 4) is 0 Å². The lowest BCUT2D eigenvalue weighted by atomic mass is 9.91. The third-order valence-corrected chi connectivity index (χ3v) is 5.62. The molecule has 2 aliphatic heterocycles. The summed E-state index contributed by atoms with van der Waals surface area (Å²) in [4.78, 5) is 29.8. The first kappa shape index (κ1) is 20.7. The fourth-order valence-electron chi connectivity index (χ4n) is 3.85. The Hall–Kier alpha value is -1.59. The Balaban J connectivity index is 0.00000243. The van der Waals surface area contributed by atoms with Crippen molar-refractivity contribution in [3.63, 3.8) is 0 Å². The van der Waals surface area contributed by atoms with Gasteiger partial charge in [-0.25, -0.2) is 0 Å². The highest BCUT2D eigenvalue weighted by Gasteiger charge is 2.38. The van der Waals surface area contributed by atoms with Gasteiger partial charge < -0.3 is 15.5 Å². The van der Waals surface area contributed by atoms with Crippen LogP contribution in [0, 0.1) is 5.92 Å². The van der Waals surface area contributed by atoms with Gasteiger partial charge in [0.15, 0.2) is 0 Å². The van der Waals surface area contributed by atoms with Crippen LogP contribution in [0.2, 0.25) is 0 Å². The van der Waals surface area contributed by atoms with Crippen molar-refractivity contribution in [2.75, 3.05) is 13.1 Å². The number of carbonyl (C=O) groups excluding carboxylic acids is 2. The van der Waals surface area contributed by atoms with Crippen molar-refractivity contribution in [2.45, 2.75) is 58.2 Å². The molecule has 1 fully saturated rings. The summed E-state index contributed by atoms with van der Waals surface area (Å²) in [6.07, 6.45) is 3.29. The topological polar surface area (TPSA) is 66.6 Å². The Labute approximate surface area is 162 Å². The Morgan fingerprint density at radius 1 is 1.27 bits per heavy atom. The number of halogens is 1. The second-order valence-corrected chi connectivity index (χ2v) is 7.45. The van der Waals surface area contributed by atoms with Crippen LogP contribution in [0.3, 0.4) is 0 Å². The van der Waals surface area contributed by atoms with Gasteiger partial charge in [0.2, 0.25) is 11.8 Å². The van der Waals surface area contributed by atoms with Gasteiger partial charge in [0.1, 0.15) is 6.04 Å². The van der Waals surface area contributed by atoms with Crippen LogP contribution in [0.1, 0.15) is 44.2 Å². The number of rotatable bonds is 3. The highest BCUT2D eigenvalue weighted by Crippen LogP contribution is 2.27. The summed E-state index contributed by atoms with van der Waals surface area (Å²) in [7, 11) is 0. The zero-order valence-corrected chi connectivity index (χ0v) is 16.5. The van der Waals surface area contributed by atoms with Crippen LogP contribution in [-0.2, 0) is 22.6 Å². The third-order valence-electron chi connectivity index (χ3n) is 5.62. The van der Waals surface area contributed by atoms with E-state index >= 15 is 0 Å². The second kappa shape index (κ2) is 8.87. The molecule has 3 unspecified atom stereocenters. The van der Waals surface area contributed by atoms with Gasteiger partial charge in [0.05, 0.1) is 0 Å². The van der Waals surface area contributed by atoms with Gasteiger partial charge in [0, 0.05) is 38.0 Å². The average Bonchev–Trinajstić information content (AvgIpc) is 2.65. The number of amides is 2. The normalized spacial score (nSPS) is 23.7. The van der Waals surface area contributed by atoms with Crippen LogP contribution in [0.4, 0.5) is 0 Å². The fraction of sp³-hybridized carbons (Fsp3) is 0.600. The molecule has 2 amide bonds. The average molecular weight is 380 g/mol. The van der Waals surface area contributed by atoms with Crippen LogP contribution in [0.5, 0.6) is 0 Å². The van der Waals surface area contributed by atoms with Crippen molar-refractivity contribution < 1.29 is 9.59 Å². The summed E-state index contributed by atoms with van der Waals surface area (Å²) in [6.45, 7) is 5.83. The van der Waals surface area contributed by atoms with E-state index in [1.807, 2.05) is 30.9 Å². The first-order chi connectivity index (χ1) is 12.0. The minimum absolute atomic E-state index is 0. The van der Waals surface area contributed by atoms with Gasteiger partial charge in [0.25, 0.3) is 0 Å². The number of hydrogen-bond donors (Lipinski definition) is 1. The van der Waals surface area contributed by atoms with Crippen molar-refractivity contribution in [1.29, 1.82) is 0 Å². The molecule has 0 spiro atoms. The zero-order chi connectivity index (χ0) is 18.0. The van der Waals surface area contributed by atoms with E-state index in [-0.39, 0.29) is 36.2 Å². The van der Waals surface area contributed by atoms with E-state index in [0.29, 0.717) is 19.5 Å². The van der Waals surface area contributed by atoms with E-state index in [2.05, 4.69) is 12.1 Å². The molecule has 5 nitrogen and oxygen atoms in total. The summed E-state index contributed by atoms with van der Waals surface area (Å²) in [5.41, 5.74) is 8.39. The van der Waals surface area contributed by atoms with Gasteiger partial charge in [-0.2, -0.15) is 0 Å². The van der Waals surface area contributed by atoms with E-state index < -0.39 is 6.04 Å². The van der Waals surface area contributed by atoms with Crippen LogP contribution < -0.4 is 5.73 Å². The maximum Gasteiger partial charge on any atom is 0.245 e. The Morgan fingerprint density at radius 3 is 2.62 bits per heavy atom. The molecule has 1 aromatic carbocycles. The van der Waals surface area contributed by atoms with Crippen molar-refractivity contribution >= 4 is 24.2 Å². The Morgan fingerprint density at radius 2 is 1.96 bits per heavy atom. The number of fused-ring (bicyclic) bond motifs is 1. The lowest BCUT2D eigenvalue weighted by molar-refractivity contribution is -0.150. The minimum Gasteiger partial charge on any atom is -0.339 e. The predicted octanol–water partition coefficient (Wildman–Crippen LogP) is 2.36. The molecule has 0 aromatic heterocycles. The summed E-state index contributed by atoms with van der Waals surface area (Å²) >= 11 is 0. The molecule has 1 aromatic rings. The molecular weight excluding hydrogens is 350 g/mol. The van der Waals surface area contributed by atoms with Crippen LogP contribution in [0.15, 0.2) is 24.3 Å². The van der Waals surface area contributed by atoms with E-state index in [4.69, 9.17) is 5.73 Å². The summed E-state index contributed by atoms with van der Waals surface area (Å²) in [6, 6.07) is 7.78. The van der Waals surface area contributed by atoms with Crippen molar-refractivity contribution in [2.24, 2.45) is 11.7 Å².